The zero-order valence-electron chi connectivity index (χ0n) is 11.1. The van der Waals surface area contributed by atoms with E-state index >= 15 is 0 Å². The van der Waals surface area contributed by atoms with Crippen molar-refractivity contribution in [3.63, 3.8) is 0 Å². The van der Waals surface area contributed by atoms with Crippen LogP contribution in [-0.2, 0) is 4.79 Å². The first-order chi connectivity index (χ1) is 9.60. The van der Waals surface area contributed by atoms with E-state index in [0.29, 0.717) is 26.1 Å². The Hall–Kier alpha value is -2.11. The summed E-state index contributed by atoms with van der Waals surface area (Å²) in [6.07, 6.45) is 5.14. The van der Waals surface area contributed by atoms with Gasteiger partial charge in [0.1, 0.15) is 5.56 Å². The number of nitrogens with zero attached hydrogens (tertiary/aromatic N) is 1. The first-order valence-electron chi connectivity index (χ1n) is 6.83. The second-order valence-corrected chi connectivity index (χ2v) is 5.67. The third-order valence-electron chi connectivity index (χ3n) is 4.36. The lowest BCUT2D eigenvalue weighted by molar-refractivity contribution is -0.119. The van der Waals surface area contributed by atoms with E-state index < -0.39 is 0 Å². The highest BCUT2D eigenvalue weighted by molar-refractivity contribution is 5.93. The molecule has 2 amide bonds. The van der Waals surface area contributed by atoms with Gasteiger partial charge in [-0.2, -0.15) is 0 Å². The summed E-state index contributed by atoms with van der Waals surface area (Å²) in [4.78, 5) is 39.8. The minimum atomic E-state index is -0.258. The largest absolute Gasteiger partial charge is 0.367 e. The van der Waals surface area contributed by atoms with Gasteiger partial charge in [0, 0.05) is 44.5 Å². The van der Waals surface area contributed by atoms with Gasteiger partial charge in [0.05, 0.1) is 0 Å². The molecule has 6 nitrogen and oxygen atoms in total. The Morgan fingerprint density at radius 2 is 2.00 bits per heavy atom. The maximum atomic E-state index is 12.3. The third-order valence-corrected chi connectivity index (χ3v) is 4.36. The summed E-state index contributed by atoms with van der Waals surface area (Å²) in [5.41, 5.74) is -0.0624. The maximum Gasteiger partial charge on any atom is 0.259 e. The lowest BCUT2D eigenvalue weighted by Crippen LogP contribution is -2.45. The molecule has 0 aromatic carbocycles. The van der Waals surface area contributed by atoms with E-state index in [-0.39, 0.29) is 28.2 Å². The number of nitrogens with one attached hydrogen (secondary N) is 2. The van der Waals surface area contributed by atoms with Gasteiger partial charge in [-0.15, -0.1) is 0 Å². The lowest BCUT2D eigenvalue weighted by atomic mass is 9.77. The number of hydrogen-bond acceptors (Lipinski definition) is 3. The molecule has 0 atom stereocenters. The Balaban J connectivity index is 1.70. The molecule has 3 heterocycles. The SMILES string of the molecule is O=C1CC2(CCN(C(=O)c3c[nH]ccc3=O)CC2)CN1. The van der Waals surface area contributed by atoms with Gasteiger partial charge in [-0.3, -0.25) is 14.4 Å². The van der Waals surface area contributed by atoms with Crippen LogP contribution in [0.2, 0.25) is 0 Å². The van der Waals surface area contributed by atoms with Crippen LogP contribution in [-0.4, -0.2) is 41.3 Å². The molecule has 1 aromatic heterocycles. The zero-order chi connectivity index (χ0) is 14.2. The van der Waals surface area contributed by atoms with Gasteiger partial charge in [0.15, 0.2) is 5.43 Å². The molecule has 2 aliphatic heterocycles. The number of aromatic nitrogens is 1. The van der Waals surface area contributed by atoms with Crippen molar-refractivity contribution in [3.8, 4) is 0 Å². The normalized spacial score (nSPS) is 21.0. The molecule has 0 aliphatic carbocycles. The number of carbonyl (C=O) groups is 2. The monoisotopic (exact) mass is 275 g/mol. The summed E-state index contributed by atoms with van der Waals surface area (Å²) in [5, 5.41) is 2.87. The predicted octanol–water partition coefficient (Wildman–Crippen LogP) is 0.117. The van der Waals surface area contributed by atoms with Crippen molar-refractivity contribution in [2.75, 3.05) is 19.6 Å². The molecular weight excluding hydrogens is 258 g/mol. The molecule has 0 unspecified atom stereocenters. The predicted molar refractivity (Wildman–Crippen MR) is 72.3 cm³/mol. The molecule has 6 heteroatoms. The van der Waals surface area contributed by atoms with Crippen LogP contribution in [0.1, 0.15) is 29.6 Å². The molecule has 2 aliphatic rings. The fourth-order valence-electron chi connectivity index (χ4n) is 3.04. The van der Waals surface area contributed by atoms with Crippen molar-refractivity contribution in [2.45, 2.75) is 19.3 Å². The number of rotatable bonds is 1. The smallest absolute Gasteiger partial charge is 0.259 e. The molecule has 1 aromatic rings. The Labute approximate surface area is 116 Å². The van der Waals surface area contributed by atoms with Gasteiger partial charge in [-0.1, -0.05) is 0 Å². The van der Waals surface area contributed by atoms with E-state index in [9.17, 15) is 14.4 Å². The number of hydrogen-bond donors (Lipinski definition) is 2. The number of piperidine rings is 1. The zero-order valence-corrected chi connectivity index (χ0v) is 11.1. The lowest BCUT2D eigenvalue weighted by Gasteiger charge is -2.38. The van der Waals surface area contributed by atoms with Crippen molar-refractivity contribution >= 4 is 11.8 Å². The van der Waals surface area contributed by atoms with Crippen molar-refractivity contribution in [2.24, 2.45) is 5.41 Å². The van der Waals surface area contributed by atoms with Gasteiger partial charge in [-0.25, -0.2) is 0 Å². The summed E-state index contributed by atoms with van der Waals surface area (Å²) in [5.74, 6) is -0.122. The third kappa shape index (κ3) is 2.21. The molecule has 2 saturated heterocycles. The number of pyridine rings is 1. The molecule has 20 heavy (non-hydrogen) atoms. The maximum absolute atomic E-state index is 12.3. The van der Waals surface area contributed by atoms with Gasteiger partial charge >= 0.3 is 0 Å². The fourth-order valence-corrected chi connectivity index (χ4v) is 3.04. The molecular formula is C14H17N3O3. The molecule has 2 fully saturated rings. The van der Waals surface area contributed by atoms with Crippen LogP contribution in [0.15, 0.2) is 23.3 Å². The van der Waals surface area contributed by atoms with Crippen LogP contribution in [0.4, 0.5) is 0 Å². The second kappa shape index (κ2) is 4.77. The Kier molecular flexibility index (Phi) is 3.08. The van der Waals surface area contributed by atoms with Crippen LogP contribution in [0.5, 0.6) is 0 Å². The summed E-state index contributed by atoms with van der Waals surface area (Å²) >= 11 is 0. The van der Waals surface area contributed by atoms with E-state index in [1.165, 1.54) is 18.5 Å². The van der Waals surface area contributed by atoms with E-state index in [4.69, 9.17) is 0 Å². The van der Waals surface area contributed by atoms with Crippen molar-refractivity contribution in [1.29, 1.82) is 0 Å². The van der Waals surface area contributed by atoms with Gasteiger partial charge in [-0.05, 0) is 18.3 Å². The van der Waals surface area contributed by atoms with Crippen LogP contribution in [0.3, 0.4) is 0 Å². The average Bonchev–Trinajstić information content (AvgIpc) is 2.81. The van der Waals surface area contributed by atoms with Crippen LogP contribution in [0, 0.1) is 5.41 Å². The molecule has 3 rings (SSSR count). The highest BCUT2D eigenvalue weighted by Gasteiger charge is 2.41. The van der Waals surface area contributed by atoms with Crippen molar-refractivity contribution < 1.29 is 9.59 Å². The minimum absolute atomic E-state index is 0.0109. The van der Waals surface area contributed by atoms with Gasteiger partial charge in [0.2, 0.25) is 5.91 Å². The highest BCUT2D eigenvalue weighted by atomic mass is 16.2. The quantitative estimate of drug-likeness (QED) is 0.763. The Morgan fingerprint density at radius 1 is 1.25 bits per heavy atom. The van der Waals surface area contributed by atoms with E-state index in [1.54, 1.807) is 4.90 Å². The summed E-state index contributed by atoms with van der Waals surface area (Å²) < 4.78 is 0. The Morgan fingerprint density at radius 3 is 2.60 bits per heavy atom. The number of H-pyrrole nitrogens is 1. The van der Waals surface area contributed by atoms with E-state index in [2.05, 4.69) is 10.3 Å². The Bertz CT molecular complexity index is 600. The molecule has 1 spiro atoms. The number of likely N-dealkylation sites (tertiary alicyclic amines) is 1. The van der Waals surface area contributed by atoms with E-state index in [1.807, 2.05) is 0 Å². The number of aromatic amines is 1. The van der Waals surface area contributed by atoms with Crippen LogP contribution in [0.25, 0.3) is 0 Å². The number of amides is 2. The van der Waals surface area contributed by atoms with Gasteiger partial charge in [0.25, 0.3) is 5.91 Å². The molecule has 2 N–H and O–H groups in total. The minimum Gasteiger partial charge on any atom is -0.367 e. The highest BCUT2D eigenvalue weighted by Crippen LogP contribution is 2.37. The van der Waals surface area contributed by atoms with Crippen molar-refractivity contribution in [1.82, 2.24) is 15.2 Å². The topological polar surface area (TPSA) is 82.3 Å². The van der Waals surface area contributed by atoms with Gasteiger partial charge < -0.3 is 15.2 Å². The van der Waals surface area contributed by atoms with Crippen molar-refractivity contribution in [3.05, 3.63) is 34.2 Å². The van der Waals surface area contributed by atoms with Crippen LogP contribution < -0.4 is 10.7 Å². The fraction of sp³-hybridized carbons (Fsp3) is 0.500. The second-order valence-electron chi connectivity index (χ2n) is 5.67. The summed E-state index contributed by atoms with van der Waals surface area (Å²) in [6, 6.07) is 1.36. The van der Waals surface area contributed by atoms with E-state index in [0.717, 1.165) is 12.8 Å². The summed E-state index contributed by atoms with van der Waals surface area (Å²) in [7, 11) is 0. The first-order valence-corrected chi connectivity index (χ1v) is 6.83. The number of carbonyl (C=O) groups excluding carboxylic acids is 2. The van der Waals surface area contributed by atoms with Crippen LogP contribution >= 0.6 is 0 Å². The molecule has 0 bridgehead atoms. The average molecular weight is 275 g/mol. The first kappa shape index (κ1) is 12.9. The molecule has 106 valence electrons. The molecule has 0 saturated carbocycles. The summed E-state index contributed by atoms with van der Waals surface area (Å²) in [6.45, 7) is 1.91. The molecule has 0 radical (unpaired) electrons. The standard InChI is InChI=1S/C14H17N3O3/c18-11-1-4-15-8-10(11)13(20)17-5-2-14(3-6-17)7-12(19)16-9-14/h1,4,8H,2-3,5-7,9H2,(H,15,18)(H,16,19).